The number of aromatic hydroxyl groups is 1. The summed E-state index contributed by atoms with van der Waals surface area (Å²) in [6.45, 7) is 0. The Morgan fingerprint density at radius 3 is 2.55 bits per heavy atom. The molecule has 0 bridgehead atoms. The molecule has 11 heteroatoms. The zero-order valence-electron chi connectivity index (χ0n) is 14.6. The monoisotopic (exact) mass is 456 g/mol. The Bertz CT molecular complexity index is 1120. The van der Waals surface area contributed by atoms with Crippen LogP contribution in [0.1, 0.15) is 10.4 Å². The van der Waals surface area contributed by atoms with Gasteiger partial charge >= 0.3 is 5.97 Å². The number of halogens is 2. The van der Waals surface area contributed by atoms with E-state index in [-0.39, 0.29) is 20.6 Å². The molecule has 2 N–H and O–H groups in total. The third-order valence-corrected chi connectivity index (χ3v) is 6.09. The minimum atomic E-state index is -2.82. The summed E-state index contributed by atoms with van der Waals surface area (Å²) in [4.78, 5) is 11.0. The average Bonchev–Trinajstić information content (AvgIpc) is 3.02. The van der Waals surface area contributed by atoms with Gasteiger partial charge in [0.1, 0.15) is 32.2 Å². The molecule has 1 unspecified atom stereocenters. The molecule has 152 valence electrons. The quantitative estimate of drug-likeness (QED) is 0.526. The Morgan fingerprint density at radius 2 is 1.97 bits per heavy atom. The van der Waals surface area contributed by atoms with Gasteiger partial charge in [0, 0.05) is 17.2 Å². The number of aromatic carboxylic acids is 1. The van der Waals surface area contributed by atoms with E-state index in [0.717, 1.165) is 27.8 Å². The molecule has 7 nitrogen and oxygen atoms in total. The zero-order chi connectivity index (χ0) is 21.3. The number of nitrogens with zero attached hydrogens (tertiary/aromatic N) is 1. The van der Waals surface area contributed by atoms with Crippen molar-refractivity contribution in [3.05, 3.63) is 58.2 Å². The average molecular weight is 457 g/mol. The highest BCUT2D eigenvalue weighted by molar-refractivity contribution is 7.81. The summed E-state index contributed by atoms with van der Waals surface area (Å²) in [6.07, 6.45) is 0. The molecule has 1 atom stereocenters. The summed E-state index contributed by atoms with van der Waals surface area (Å²) < 4.78 is 43.7. The van der Waals surface area contributed by atoms with Crippen molar-refractivity contribution in [2.24, 2.45) is 0 Å². The number of anilines is 2. The normalized spacial score (nSPS) is 11.9. The molecule has 0 aliphatic rings. The number of phenols is 1. The maximum atomic E-state index is 13.7. The van der Waals surface area contributed by atoms with Gasteiger partial charge in [0.2, 0.25) is 0 Å². The summed E-state index contributed by atoms with van der Waals surface area (Å²) in [5.41, 5.74) is 0.307. The molecule has 1 aromatic heterocycles. The molecule has 0 saturated carbocycles. The topological polar surface area (TPSA) is 110 Å². The Kier molecular flexibility index (Phi) is 6.08. The van der Waals surface area contributed by atoms with Gasteiger partial charge in [-0.15, -0.1) is 11.3 Å². The Labute approximate surface area is 176 Å². The van der Waals surface area contributed by atoms with Crippen molar-refractivity contribution in [1.29, 1.82) is 0 Å². The minimum Gasteiger partial charge on any atom is -0.755 e. The van der Waals surface area contributed by atoms with Gasteiger partial charge in [-0.3, -0.25) is 8.51 Å². The highest BCUT2D eigenvalue weighted by Gasteiger charge is 2.21. The second-order valence-electron chi connectivity index (χ2n) is 5.63. The number of rotatable bonds is 6. The Balaban J connectivity index is 2.11. The van der Waals surface area contributed by atoms with Gasteiger partial charge in [-0.05, 0) is 36.4 Å². The second-order valence-corrected chi connectivity index (χ2v) is 8.07. The second kappa shape index (κ2) is 8.37. The maximum Gasteiger partial charge on any atom is 0.339 e. The van der Waals surface area contributed by atoms with E-state index in [1.54, 1.807) is 0 Å². The minimum absolute atomic E-state index is 0.00323. The number of ether oxygens (including phenoxy) is 1. The van der Waals surface area contributed by atoms with Crippen molar-refractivity contribution in [2.75, 3.05) is 11.4 Å². The number of methoxy groups -OCH3 is 1. The molecule has 2 aromatic carbocycles. The number of carboxylic acid groups (broad SMARTS) is 1. The van der Waals surface area contributed by atoms with Crippen LogP contribution in [0.4, 0.5) is 15.1 Å². The third-order valence-electron chi connectivity index (χ3n) is 3.92. The third kappa shape index (κ3) is 4.20. The summed E-state index contributed by atoms with van der Waals surface area (Å²) in [5.74, 6) is -2.14. The van der Waals surface area contributed by atoms with Gasteiger partial charge < -0.3 is 19.5 Å². The van der Waals surface area contributed by atoms with Gasteiger partial charge in [0.25, 0.3) is 0 Å². The fourth-order valence-corrected chi connectivity index (χ4v) is 4.65. The Hall–Kier alpha value is -2.66. The van der Waals surface area contributed by atoms with E-state index >= 15 is 0 Å². The first-order chi connectivity index (χ1) is 13.7. The van der Waals surface area contributed by atoms with E-state index in [4.69, 9.17) is 21.4 Å². The molecular formula is C18H12ClFNO6S2-. The molecule has 0 aliphatic heterocycles. The number of carboxylic acids is 1. The molecular weight excluding hydrogens is 445 g/mol. The van der Waals surface area contributed by atoms with Crippen LogP contribution < -0.4 is 9.04 Å². The van der Waals surface area contributed by atoms with Gasteiger partial charge in [0.05, 0.1) is 24.1 Å². The van der Waals surface area contributed by atoms with E-state index in [1.807, 2.05) is 0 Å². The van der Waals surface area contributed by atoms with E-state index in [0.29, 0.717) is 16.9 Å². The lowest BCUT2D eigenvalue weighted by molar-refractivity contribution is 0.0693. The molecule has 0 aliphatic carbocycles. The van der Waals surface area contributed by atoms with E-state index < -0.39 is 28.8 Å². The summed E-state index contributed by atoms with van der Waals surface area (Å²) in [7, 11) is 1.41. The van der Waals surface area contributed by atoms with Crippen molar-refractivity contribution in [1.82, 2.24) is 0 Å². The molecule has 29 heavy (non-hydrogen) atoms. The highest BCUT2D eigenvalue weighted by atomic mass is 35.5. The van der Waals surface area contributed by atoms with Crippen LogP contribution in [0.15, 0.2) is 42.5 Å². The van der Waals surface area contributed by atoms with Crippen LogP contribution in [0.5, 0.6) is 11.5 Å². The molecule has 0 saturated heterocycles. The highest BCUT2D eigenvalue weighted by Crippen LogP contribution is 2.46. The summed E-state index contributed by atoms with van der Waals surface area (Å²) in [6, 6.07) is 8.60. The lowest BCUT2D eigenvalue weighted by Crippen LogP contribution is -2.18. The number of benzene rings is 2. The lowest BCUT2D eigenvalue weighted by Gasteiger charge is -2.25. The van der Waals surface area contributed by atoms with Crippen LogP contribution in [0, 0.1) is 5.82 Å². The number of hydrogen-bond donors (Lipinski definition) is 2. The molecule has 0 amide bonds. The lowest BCUT2D eigenvalue weighted by atomic mass is 10.1. The first kappa shape index (κ1) is 21.1. The van der Waals surface area contributed by atoms with E-state index in [9.17, 15) is 23.1 Å². The van der Waals surface area contributed by atoms with Crippen LogP contribution in [0.3, 0.4) is 0 Å². The van der Waals surface area contributed by atoms with Gasteiger partial charge in [0.15, 0.2) is 0 Å². The van der Waals surface area contributed by atoms with Crippen LogP contribution in [0.25, 0.3) is 11.1 Å². The maximum absolute atomic E-state index is 13.7. The molecule has 0 radical (unpaired) electrons. The van der Waals surface area contributed by atoms with Crippen LogP contribution >= 0.6 is 22.9 Å². The van der Waals surface area contributed by atoms with E-state index in [1.165, 1.54) is 37.4 Å². The van der Waals surface area contributed by atoms with Crippen molar-refractivity contribution in [3.63, 3.8) is 0 Å². The summed E-state index contributed by atoms with van der Waals surface area (Å²) in [5, 5.41) is 19.0. The van der Waals surface area contributed by atoms with Crippen molar-refractivity contribution in [3.8, 4) is 22.6 Å². The van der Waals surface area contributed by atoms with Gasteiger partial charge in [-0.25, -0.2) is 9.18 Å². The smallest absolute Gasteiger partial charge is 0.339 e. The molecule has 1 heterocycles. The SMILES string of the molecule is COc1ccc(F)cc1-c1cc(N(c2ccc(C(=O)O)c(O)c2)S(=O)[O-])sc1Cl. The first-order valence-corrected chi connectivity index (χ1v) is 10.0. The number of hydrogen-bond acceptors (Lipinski definition) is 6. The first-order valence-electron chi connectivity index (χ1n) is 7.82. The van der Waals surface area contributed by atoms with Crippen molar-refractivity contribution in [2.45, 2.75) is 0 Å². The van der Waals surface area contributed by atoms with Gasteiger partial charge in [-0.1, -0.05) is 11.6 Å². The van der Waals surface area contributed by atoms with E-state index in [2.05, 4.69) is 0 Å². The molecule has 0 fully saturated rings. The van der Waals surface area contributed by atoms with Crippen molar-refractivity contribution < 1.29 is 32.9 Å². The van der Waals surface area contributed by atoms with Crippen LogP contribution in [-0.2, 0) is 11.3 Å². The Morgan fingerprint density at radius 1 is 1.24 bits per heavy atom. The number of carbonyl (C=O) groups is 1. The molecule has 3 rings (SSSR count). The predicted octanol–water partition coefficient (Wildman–Crippen LogP) is 4.55. The number of thiophene rings is 1. The molecule has 0 spiro atoms. The van der Waals surface area contributed by atoms with Gasteiger partial charge in [-0.2, -0.15) is 0 Å². The fraction of sp³-hybridized carbons (Fsp3) is 0.0556. The molecule has 3 aromatic rings. The zero-order valence-corrected chi connectivity index (χ0v) is 17.0. The fourth-order valence-electron chi connectivity index (χ4n) is 2.64. The summed E-state index contributed by atoms with van der Waals surface area (Å²) >= 11 is 4.36. The largest absolute Gasteiger partial charge is 0.755 e. The van der Waals surface area contributed by atoms with Crippen LogP contribution in [0.2, 0.25) is 4.34 Å². The van der Waals surface area contributed by atoms with Crippen molar-refractivity contribution >= 4 is 50.9 Å². The van der Waals surface area contributed by atoms with Crippen LogP contribution in [-0.4, -0.2) is 32.1 Å². The standard InChI is InChI=1S/C18H13ClFNO6S2/c1-27-15-5-2-9(20)6-12(15)13-8-16(28-17(13)19)21(29(25)26)10-3-4-11(18(23)24)14(22)7-10/h2-8,22H,1H3,(H,23,24)(H,25,26)/p-1. The predicted molar refractivity (Wildman–Crippen MR) is 107 cm³/mol.